The number of ether oxygens (including phenoxy) is 1. The second-order valence-electron chi connectivity index (χ2n) is 16.4. The number of carbonyl (C=O) groups excluding carboxylic acids is 1. The van der Waals surface area contributed by atoms with Gasteiger partial charge in [-0.2, -0.15) is 0 Å². The number of allylic oxidation sites excluding steroid dienone is 6. The molecule has 0 aromatic carbocycles. The van der Waals surface area contributed by atoms with Crippen LogP contribution in [0, 0.1) is 0 Å². The van der Waals surface area contributed by atoms with E-state index in [0.717, 1.165) is 44.9 Å². The van der Waals surface area contributed by atoms with Crippen LogP contribution in [-0.2, 0) is 23.1 Å². The molecule has 9 nitrogen and oxygen atoms in total. The zero-order chi connectivity index (χ0) is 40.5. The van der Waals surface area contributed by atoms with E-state index in [4.69, 9.17) is 13.8 Å². The zero-order valence-electron chi connectivity index (χ0n) is 35.8. The van der Waals surface area contributed by atoms with Crippen LogP contribution in [0.25, 0.3) is 0 Å². The number of phosphoric ester groups is 1. The summed E-state index contributed by atoms with van der Waals surface area (Å²) in [6.07, 6.45) is 43.1. The highest BCUT2D eigenvalue weighted by Crippen LogP contribution is 2.38. The quantitative estimate of drug-likeness (QED) is 0.0210. The summed E-state index contributed by atoms with van der Waals surface area (Å²) in [4.78, 5) is 25.4. The summed E-state index contributed by atoms with van der Waals surface area (Å²) in [5.41, 5.74) is 0. The molecule has 1 fully saturated rings. The Morgan fingerprint density at radius 1 is 0.745 bits per heavy atom. The van der Waals surface area contributed by atoms with Crippen LogP contribution >= 0.6 is 7.82 Å². The van der Waals surface area contributed by atoms with Crippen molar-refractivity contribution in [3.8, 4) is 0 Å². The molecule has 1 heterocycles. The molecule has 5 atom stereocenters. The first-order valence-corrected chi connectivity index (χ1v) is 23.6. The lowest BCUT2D eigenvalue weighted by Crippen LogP contribution is -2.45. The smallest absolute Gasteiger partial charge is 0.268 e. The highest BCUT2D eigenvalue weighted by molar-refractivity contribution is 7.45. The minimum Gasteiger partial charge on any atom is -0.756 e. The summed E-state index contributed by atoms with van der Waals surface area (Å²) in [6.45, 7) is 4.54. The number of carbonyl (C=O) groups is 1. The predicted molar refractivity (Wildman–Crippen MR) is 228 cm³/mol. The maximum Gasteiger partial charge on any atom is 0.268 e. The van der Waals surface area contributed by atoms with Gasteiger partial charge in [-0.15, -0.1) is 0 Å². The van der Waals surface area contributed by atoms with Crippen molar-refractivity contribution >= 4 is 13.7 Å². The average Bonchev–Trinajstić information content (AvgIpc) is 3.89. The van der Waals surface area contributed by atoms with Gasteiger partial charge in [0.05, 0.1) is 52.1 Å². The molecule has 1 rings (SSSR count). The van der Waals surface area contributed by atoms with Crippen molar-refractivity contribution in [1.82, 2.24) is 5.32 Å². The lowest BCUT2D eigenvalue weighted by Gasteiger charge is -2.29. The SMILES string of the molecule is CCCCC/C=C\C/C=C\C/C=C\CC1OC1CCCC(=O)N[C@@H](COP(=O)([O-])OCC[N+](C)(C)C)[C@H](O)/C=C/CCCCCCCCCCCCCCC. The fourth-order valence-corrected chi connectivity index (χ4v) is 7.02. The van der Waals surface area contributed by atoms with Crippen molar-refractivity contribution in [2.75, 3.05) is 40.9 Å². The number of quaternary nitrogens is 1. The fourth-order valence-electron chi connectivity index (χ4n) is 6.30. The number of epoxide rings is 1. The van der Waals surface area contributed by atoms with Crippen LogP contribution in [0.1, 0.15) is 168 Å². The number of rotatable bonds is 38. The van der Waals surface area contributed by atoms with Crippen molar-refractivity contribution < 1.29 is 37.6 Å². The van der Waals surface area contributed by atoms with E-state index in [2.05, 4.69) is 55.6 Å². The number of amides is 1. The minimum atomic E-state index is -4.61. The molecule has 3 unspecified atom stereocenters. The molecule has 0 radical (unpaired) electrons. The molecule has 1 amide bonds. The maximum atomic E-state index is 12.9. The van der Waals surface area contributed by atoms with E-state index in [9.17, 15) is 19.4 Å². The first-order chi connectivity index (χ1) is 26.5. The van der Waals surface area contributed by atoms with E-state index in [-0.39, 0.29) is 31.1 Å². The molecule has 0 spiro atoms. The van der Waals surface area contributed by atoms with E-state index in [1.807, 2.05) is 27.2 Å². The fraction of sp³-hybridized carbons (Fsp3) is 0.800. The molecule has 55 heavy (non-hydrogen) atoms. The minimum absolute atomic E-state index is 0.0168. The number of hydrogen-bond acceptors (Lipinski definition) is 7. The van der Waals surface area contributed by atoms with E-state index in [0.29, 0.717) is 17.4 Å². The van der Waals surface area contributed by atoms with Crippen molar-refractivity contribution in [3.63, 3.8) is 0 Å². The zero-order valence-corrected chi connectivity index (χ0v) is 36.7. The Hall–Kier alpha value is -1.58. The summed E-state index contributed by atoms with van der Waals surface area (Å²) < 4.78 is 29.0. The highest BCUT2D eigenvalue weighted by Gasteiger charge is 2.36. The van der Waals surface area contributed by atoms with Gasteiger partial charge in [0.25, 0.3) is 7.82 Å². The Bertz CT molecular complexity index is 1100. The van der Waals surface area contributed by atoms with Crippen LogP contribution in [0.2, 0.25) is 0 Å². The highest BCUT2D eigenvalue weighted by atomic mass is 31.2. The van der Waals surface area contributed by atoms with Crippen LogP contribution < -0.4 is 10.2 Å². The third-order valence-electron chi connectivity index (χ3n) is 9.96. The molecular formula is C45H83N2O7P. The van der Waals surface area contributed by atoms with Gasteiger partial charge in [-0.3, -0.25) is 9.36 Å². The van der Waals surface area contributed by atoms with E-state index >= 15 is 0 Å². The number of likely N-dealkylation sites (N-methyl/N-ethyl adjacent to an activating group) is 1. The number of unbranched alkanes of at least 4 members (excludes halogenated alkanes) is 16. The van der Waals surface area contributed by atoms with Crippen LogP contribution in [0.5, 0.6) is 0 Å². The number of nitrogens with zero attached hydrogens (tertiary/aromatic N) is 1. The standard InChI is InChI=1S/C45H83N2O7P/c1-6-8-10-12-14-16-18-20-21-22-23-25-27-29-31-34-42(48)41(40-53-55(50,51)52-39-38-47(3,4)5)46-45(49)37-33-36-44-43(54-44)35-32-30-28-26-24-19-17-15-13-11-9-7-2/h15,17,24,26,30-32,34,41-44,48H,6-14,16,18-23,25,27-29,33,35-40H2,1-5H3,(H-,46,49,50,51)/b17-15-,26-24-,32-30-,34-31+/t41-,42+,43?,44?/m0/s1. The molecule has 320 valence electrons. The van der Waals surface area contributed by atoms with Gasteiger partial charge in [0.15, 0.2) is 0 Å². The Morgan fingerprint density at radius 3 is 1.89 bits per heavy atom. The summed E-state index contributed by atoms with van der Waals surface area (Å²) in [5, 5.41) is 13.8. The lowest BCUT2D eigenvalue weighted by atomic mass is 10.0. The molecular weight excluding hydrogens is 711 g/mol. The van der Waals surface area contributed by atoms with Crippen LogP contribution in [0.4, 0.5) is 0 Å². The summed E-state index contributed by atoms with van der Waals surface area (Å²) in [7, 11) is 1.21. The Kier molecular flexibility index (Phi) is 31.2. The first-order valence-electron chi connectivity index (χ1n) is 22.1. The second kappa shape index (κ2) is 33.4. The van der Waals surface area contributed by atoms with E-state index in [1.54, 1.807) is 6.08 Å². The number of aliphatic hydroxyl groups excluding tert-OH is 1. The van der Waals surface area contributed by atoms with Crippen molar-refractivity contribution in [3.05, 3.63) is 48.6 Å². The van der Waals surface area contributed by atoms with Gasteiger partial charge in [0.2, 0.25) is 5.91 Å². The molecule has 0 bridgehead atoms. The number of aliphatic hydroxyl groups is 1. The van der Waals surface area contributed by atoms with Gasteiger partial charge in [-0.1, -0.05) is 152 Å². The van der Waals surface area contributed by atoms with E-state index < -0.39 is 26.6 Å². The summed E-state index contributed by atoms with van der Waals surface area (Å²) >= 11 is 0. The topological polar surface area (TPSA) is 120 Å². The number of hydrogen-bond donors (Lipinski definition) is 2. The van der Waals surface area contributed by atoms with Gasteiger partial charge in [0.1, 0.15) is 13.2 Å². The van der Waals surface area contributed by atoms with Crippen molar-refractivity contribution in [2.24, 2.45) is 0 Å². The van der Waals surface area contributed by atoms with Crippen LogP contribution in [0.15, 0.2) is 48.6 Å². The van der Waals surface area contributed by atoms with Crippen molar-refractivity contribution in [1.29, 1.82) is 0 Å². The molecule has 0 aromatic heterocycles. The van der Waals surface area contributed by atoms with E-state index in [1.165, 1.54) is 96.3 Å². The van der Waals surface area contributed by atoms with Crippen LogP contribution in [0.3, 0.4) is 0 Å². The van der Waals surface area contributed by atoms with Crippen molar-refractivity contribution in [2.45, 2.75) is 192 Å². The van der Waals surface area contributed by atoms with Crippen LogP contribution in [-0.4, -0.2) is 80.8 Å². The normalized spacial score (nSPS) is 18.5. The molecule has 1 aliphatic heterocycles. The summed E-state index contributed by atoms with van der Waals surface area (Å²) in [5.74, 6) is -0.260. The molecule has 1 saturated heterocycles. The average molecular weight is 795 g/mol. The number of phosphoric acid groups is 1. The Balaban J connectivity index is 2.40. The Labute approximate surface area is 337 Å². The van der Waals surface area contributed by atoms with Gasteiger partial charge >= 0.3 is 0 Å². The monoisotopic (exact) mass is 795 g/mol. The molecule has 0 aromatic rings. The third kappa shape index (κ3) is 33.1. The van der Waals surface area contributed by atoms with Gasteiger partial charge < -0.3 is 33.6 Å². The lowest BCUT2D eigenvalue weighted by molar-refractivity contribution is -0.870. The molecule has 0 aliphatic carbocycles. The second-order valence-corrected chi connectivity index (χ2v) is 17.8. The van der Waals surface area contributed by atoms with Gasteiger partial charge in [0, 0.05) is 6.42 Å². The molecule has 10 heteroatoms. The number of nitrogens with one attached hydrogen (secondary N) is 1. The Morgan fingerprint density at radius 2 is 1.27 bits per heavy atom. The third-order valence-corrected chi connectivity index (χ3v) is 10.9. The first kappa shape index (κ1) is 51.4. The summed E-state index contributed by atoms with van der Waals surface area (Å²) in [6, 6.07) is -0.925. The van der Waals surface area contributed by atoms with Gasteiger partial charge in [-0.25, -0.2) is 0 Å². The molecule has 1 aliphatic rings. The maximum absolute atomic E-state index is 12.9. The molecule has 0 saturated carbocycles. The molecule has 2 N–H and O–H groups in total. The van der Waals surface area contributed by atoms with Gasteiger partial charge in [-0.05, 0) is 57.8 Å². The largest absolute Gasteiger partial charge is 0.756 e. The predicted octanol–water partition coefficient (Wildman–Crippen LogP) is 10.4.